The maximum absolute atomic E-state index is 6.26. The molecule has 0 saturated heterocycles. The summed E-state index contributed by atoms with van der Waals surface area (Å²) in [6, 6.07) is 17.1. The van der Waals surface area contributed by atoms with Gasteiger partial charge in [-0.15, -0.1) is 0 Å². The fourth-order valence-electron chi connectivity index (χ4n) is 2.11. The van der Waals surface area contributed by atoms with Gasteiger partial charge in [0.15, 0.2) is 0 Å². The second-order valence-electron chi connectivity index (χ2n) is 4.65. The number of hydrogen-bond acceptors (Lipinski definition) is 4. The monoisotopic (exact) mass is 280 g/mol. The molecule has 0 spiro atoms. The smallest absolute Gasteiger partial charge is 0.119 e. The summed E-state index contributed by atoms with van der Waals surface area (Å²) >= 11 is 0. The van der Waals surface area contributed by atoms with Crippen LogP contribution in [0.5, 0.6) is 5.75 Å². The number of benzene rings is 2. The molecule has 0 saturated carbocycles. The van der Waals surface area contributed by atoms with Gasteiger partial charge in [-0.3, -0.25) is 0 Å². The van der Waals surface area contributed by atoms with Crippen LogP contribution in [0.2, 0.25) is 0 Å². The van der Waals surface area contributed by atoms with Crippen molar-refractivity contribution in [3.05, 3.63) is 72.1 Å². The van der Waals surface area contributed by atoms with Crippen LogP contribution < -0.4 is 10.5 Å². The standard InChI is InChI=1S/C16H16N4O/c1-21-14-9-5-6-12(10-14)16(17)15-11-18-20(19-15)13-7-3-2-4-8-13/h2-11,16H,17H2,1H3. The summed E-state index contributed by atoms with van der Waals surface area (Å²) in [6.45, 7) is 0. The van der Waals surface area contributed by atoms with E-state index < -0.39 is 0 Å². The first-order valence-corrected chi connectivity index (χ1v) is 6.65. The fraction of sp³-hybridized carbons (Fsp3) is 0.125. The van der Waals surface area contributed by atoms with Crippen molar-refractivity contribution in [3.8, 4) is 11.4 Å². The van der Waals surface area contributed by atoms with E-state index in [2.05, 4.69) is 10.2 Å². The first-order chi connectivity index (χ1) is 10.3. The molecule has 0 aliphatic heterocycles. The zero-order valence-corrected chi connectivity index (χ0v) is 11.7. The van der Waals surface area contributed by atoms with E-state index >= 15 is 0 Å². The summed E-state index contributed by atoms with van der Waals surface area (Å²) in [6.07, 6.45) is 1.69. The van der Waals surface area contributed by atoms with E-state index in [1.165, 1.54) is 0 Å². The predicted molar refractivity (Wildman–Crippen MR) is 80.4 cm³/mol. The van der Waals surface area contributed by atoms with Crippen LogP contribution in [0.1, 0.15) is 17.3 Å². The minimum Gasteiger partial charge on any atom is -0.497 e. The maximum atomic E-state index is 6.26. The lowest BCUT2D eigenvalue weighted by atomic mass is 10.1. The van der Waals surface area contributed by atoms with Gasteiger partial charge in [-0.05, 0) is 29.8 Å². The molecule has 106 valence electrons. The average Bonchev–Trinajstić information content (AvgIpc) is 3.05. The molecule has 3 aromatic rings. The summed E-state index contributed by atoms with van der Waals surface area (Å²) in [5, 5.41) is 8.72. The molecule has 0 radical (unpaired) electrons. The van der Waals surface area contributed by atoms with Crippen LogP contribution >= 0.6 is 0 Å². The molecule has 0 fully saturated rings. The summed E-state index contributed by atoms with van der Waals surface area (Å²) in [5.74, 6) is 0.776. The largest absolute Gasteiger partial charge is 0.497 e. The minimum atomic E-state index is -0.336. The molecule has 1 unspecified atom stereocenters. The Morgan fingerprint density at radius 3 is 2.67 bits per heavy atom. The van der Waals surface area contributed by atoms with Crippen molar-refractivity contribution in [3.63, 3.8) is 0 Å². The Morgan fingerprint density at radius 1 is 1.10 bits per heavy atom. The van der Waals surface area contributed by atoms with Crippen LogP contribution in [0.15, 0.2) is 60.8 Å². The van der Waals surface area contributed by atoms with Crippen molar-refractivity contribution in [1.29, 1.82) is 0 Å². The van der Waals surface area contributed by atoms with Gasteiger partial charge in [0.2, 0.25) is 0 Å². The Morgan fingerprint density at radius 2 is 1.90 bits per heavy atom. The Labute approximate surface area is 123 Å². The zero-order chi connectivity index (χ0) is 14.7. The number of hydrogen-bond donors (Lipinski definition) is 1. The van der Waals surface area contributed by atoms with E-state index in [9.17, 15) is 0 Å². The lowest BCUT2D eigenvalue weighted by molar-refractivity contribution is 0.414. The van der Waals surface area contributed by atoms with E-state index in [4.69, 9.17) is 10.5 Å². The second-order valence-corrected chi connectivity index (χ2v) is 4.65. The molecule has 1 atom stereocenters. The van der Waals surface area contributed by atoms with Crippen LogP contribution in [-0.4, -0.2) is 22.1 Å². The van der Waals surface area contributed by atoms with E-state index in [0.29, 0.717) is 5.69 Å². The van der Waals surface area contributed by atoms with Crippen LogP contribution in [0.4, 0.5) is 0 Å². The van der Waals surface area contributed by atoms with Gasteiger partial charge in [0, 0.05) is 0 Å². The molecular formula is C16H16N4O. The lowest BCUT2D eigenvalue weighted by Crippen LogP contribution is -2.13. The molecule has 5 nitrogen and oxygen atoms in total. The molecule has 1 aromatic heterocycles. The van der Waals surface area contributed by atoms with Gasteiger partial charge in [0.05, 0.1) is 25.0 Å². The number of nitrogens with zero attached hydrogens (tertiary/aromatic N) is 3. The van der Waals surface area contributed by atoms with Gasteiger partial charge < -0.3 is 10.5 Å². The lowest BCUT2D eigenvalue weighted by Gasteiger charge is -2.10. The number of para-hydroxylation sites is 1. The summed E-state index contributed by atoms with van der Waals surface area (Å²) in [5.41, 5.74) is 8.82. The number of aromatic nitrogens is 3. The highest BCUT2D eigenvalue weighted by Crippen LogP contribution is 2.21. The quantitative estimate of drug-likeness (QED) is 0.796. The van der Waals surface area contributed by atoms with Crippen LogP contribution in [0.3, 0.4) is 0 Å². The minimum absolute atomic E-state index is 0.336. The SMILES string of the molecule is COc1cccc(C(N)c2cnn(-c3ccccc3)n2)c1. The van der Waals surface area contributed by atoms with Crippen molar-refractivity contribution in [2.45, 2.75) is 6.04 Å². The molecule has 2 N–H and O–H groups in total. The van der Waals surface area contributed by atoms with Gasteiger partial charge in [0.25, 0.3) is 0 Å². The Bertz CT molecular complexity index is 724. The van der Waals surface area contributed by atoms with Crippen LogP contribution in [0.25, 0.3) is 5.69 Å². The van der Waals surface area contributed by atoms with E-state index in [-0.39, 0.29) is 6.04 Å². The number of methoxy groups -OCH3 is 1. The van der Waals surface area contributed by atoms with Crippen molar-refractivity contribution < 1.29 is 4.74 Å². The van der Waals surface area contributed by atoms with E-state index in [1.54, 1.807) is 18.1 Å². The van der Waals surface area contributed by atoms with Gasteiger partial charge in [-0.2, -0.15) is 15.0 Å². The van der Waals surface area contributed by atoms with Gasteiger partial charge in [-0.1, -0.05) is 30.3 Å². The fourth-order valence-corrected chi connectivity index (χ4v) is 2.11. The first-order valence-electron chi connectivity index (χ1n) is 6.65. The van der Waals surface area contributed by atoms with E-state index in [0.717, 1.165) is 17.0 Å². The molecule has 0 aliphatic rings. The molecule has 3 rings (SSSR count). The maximum Gasteiger partial charge on any atom is 0.119 e. The van der Waals surface area contributed by atoms with Gasteiger partial charge >= 0.3 is 0 Å². The number of rotatable bonds is 4. The predicted octanol–water partition coefficient (Wildman–Crippen LogP) is 2.32. The first kappa shape index (κ1) is 13.3. The third kappa shape index (κ3) is 2.78. The molecule has 0 aliphatic carbocycles. The van der Waals surface area contributed by atoms with Gasteiger partial charge in [-0.25, -0.2) is 0 Å². The Balaban J connectivity index is 1.88. The highest BCUT2D eigenvalue weighted by molar-refractivity contribution is 5.34. The highest BCUT2D eigenvalue weighted by atomic mass is 16.5. The third-order valence-corrected chi connectivity index (χ3v) is 3.27. The zero-order valence-electron chi connectivity index (χ0n) is 11.7. The van der Waals surface area contributed by atoms with Crippen molar-refractivity contribution in [2.24, 2.45) is 5.73 Å². The second kappa shape index (κ2) is 5.76. The number of ether oxygens (including phenoxy) is 1. The van der Waals surface area contributed by atoms with Crippen molar-refractivity contribution >= 4 is 0 Å². The van der Waals surface area contributed by atoms with Crippen molar-refractivity contribution in [1.82, 2.24) is 15.0 Å². The Kier molecular flexibility index (Phi) is 3.66. The Hall–Kier alpha value is -2.66. The molecule has 1 heterocycles. The third-order valence-electron chi connectivity index (χ3n) is 3.27. The average molecular weight is 280 g/mol. The molecule has 0 bridgehead atoms. The normalized spacial score (nSPS) is 12.1. The molecule has 0 amide bonds. The summed E-state index contributed by atoms with van der Waals surface area (Å²) in [7, 11) is 1.64. The van der Waals surface area contributed by atoms with E-state index in [1.807, 2.05) is 54.6 Å². The topological polar surface area (TPSA) is 66.0 Å². The summed E-state index contributed by atoms with van der Waals surface area (Å²) in [4.78, 5) is 1.58. The molecule has 5 heteroatoms. The molecule has 21 heavy (non-hydrogen) atoms. The van der Waals surface area contributed by atoms with Crippen molar-refractivity contribution in [2.75, 3.05) is 7.11 Å². The summed E-state index contributed by atoms with van der Waals surface area (Å²) < 4.78 is 5.22. The molecular weight excluding hydrogens is 264 g/mol. The number of nitrogens with two attached hydrogens (primary N) is 1. The molecule has 2 aromatic carbocycles. The van der Waals surface area contributed by atoms with Crippen LogP contribution in [0, 0.1) is 0 Å². The highest BCUT2D eigenvalue weighted by Gasteiger charge is 2.14. The van der Waals surface area contributed by atoms with Gasteiger partial charge in [0.1, 0.15) is 11.4 Å². The van der Waals surface area contributed by atoms with Crippen LogP contribution in [-0.2, 0) is 0 Å².